The van der Waals surface area contributed by atoms with Gasteiger partial charge in [-0.15, -0.1) is 8.78 Å². The van der Waals surface area contributed by atoms with Crippen LogP contribution in [0.5, 0.6) is 11.5 Å². The van der Waals surface area contributed by atoms with E-state index in [1.807, 2.05) is 6.07 Å². The average molecular weight is 476 g/mol. The number of nitrogens with zero attached hydrogens (tertiary/aromatic N) is 2. The van der Waals surface area contributed by atoms with Crippen molar-refractivity contribution >= 4 is 23.4 Å². The molecule has 3 N–H and O–H groups in total. The predicted octanol–water partition coefficient (Wildman–Crippen LogP) is 2.70. The Balaban J connectivity index is 0.000000383. The van der Waals surface area contributed by atoms with E-state index in [9.17, 15) is 26.7 Å². The van der Waals surface area contributed by atoms with Gasteiger partial charge in [-0.2, -0.15) is 13.2 Å². The Bertz CT molecular complexity index is 1010. The number of carbonyl (C=O) groups excluding carboxylic acids is 1. The lowest BCUT2D eigenvalue weighted by Crippen LogP contribution is -2.43. The number of carboxylic acids is 1. The van der Waals surface area contributed by atoms with E-state index in [1.54, 1.807) is 12.3 Å². The third-order valence-corrected chi connectivity index (χ3v) is 4.35. The van der Waals surface area contributed by atoms with Crippen molar-refractivity contribution in [3.8, 4) is 11.5 Å². The molecule has 2 aromatic rings. The average Bonchev–Trinajstić information content (AvgIpc) is 3.07. The van der Waals surface area contributed by atoms with Crippen LogP contribution in [0.1, 0.15) is 10.4 Å². The molecule has 2 aliphatic heterocycles. The summed E-state index contributed by atoms with van der Waals surface area (Å²) in [4.78, 5) is 27.7. The second-order valence-corrected chi connectivity index (χ2v) is 6.73. The predicted molar refractivity (Wildman–Crippen MR) is 104 cm³/mol. The van der Waals surface area contributed by atoms with Crippen molar-refractivity contribution in [1.82, 2.24) is 10.3 Å². The number of ether oxygens (including phenoxy) is 2. The minimum absolute atomic E-state index is 0.103. The summed E-state index contributed by atoms with van der Waals surface area (Å²) >= 11 is 0. The van der Waals surface area contributed by atoms with Crippen LogP contribution < -0.4 is 25.0 Å². The van der Waals surface area contributed by atoms with Crippen LogP contribution in [-0.4, -0.2) is 60.6 Å². The van der Waals surface area contributed by atoms with Gasteiger partial charge in [0.2, 0.25) is 0 Å². The second kappa shape index (κ2) is 9.44. The number of aromatic nitrogens is 1. The number of anilines is 2. The topological polar surface area (TPSA) is 113 Å². The van der Waals surface area contributed by atoms with E-state index in [-0.39, 0.29) is 17.1 Å². The number of hydrogen-bond donors (Lipinski definition) is 3. The number of fused-ring (bicyclic) bond motifs is 1. The van der Waals surface area contributed by atoms with Gasteiger partial charge in [-0.3, -0.25) is 4.79 Å². The number of hydrogen-bond acceptors (Lipinski definition) is 7. The molecule has 1 saturated heterocycles. The van der Waals surface area contributed by atoms with Gasteiger partial charge >= 0.3 is 18.4 Å². The lowest BCUT2D eigenvalue weighted by molar-refractivity contribution is -0.286. The largest absolute Gasteiger partial charge is 0.586 e. The highest BCUT2D eigenvalue weighted by Crippen LogP contribution is 2.41. The number of alkyl halides is 5. The zero-order valence-electron chi connectivity index (χ0n) is 16.7. The fourth-order valence-corrected chi connectivity index (χ4v) is 2.83. The summed E-state index contributed by atoms with van der Waals surface area (Å²) < 4.78 is 66.5. The van der Waals surface area contributed by atoms with E-state index in [1.165, 1.54) is 18.2 Å². The summed E-state index contributed by atoms with van der Waals surface area (Å²) in [7, 11) is 0. The maximum Gasteiger partial charge on any atom is 0.586 e. The SMILES string of the molecule is O=C(Nc1ccc(N2CCNCC2)nc1)c1ccc2c(c1)OC(F)(F)O2.O=C(O)C(F)(F)F. The molecule has 0 spiro atoms. The van der Waals surface area contributed by atoms with Gasteiger partial charge < -0.3 is 30.1 Å². The first-order chi connectivity index (χ1) is 15.4. The summed E-state index contributed by atoms with van der Waals surface area (Å²) in [6.07, 6.45) is -7.22. The molecule has 4 rings (SSSR count). The van der Waals surface area contributed by atoms with Gasteiger partial charge in [0, 0.05) is 31.7 Å². The number of nitrogens with one attached hydrogen (secondary N) is 2. The molecule has 1 aromatic carbocycles. The lowest BCUT2D eigenvalue weighted by Gasteiger charge is -2.28. The Morgan fingerprint density at radius 3 is 2.30 bits per heavy atom. The molecule has 2 aliphatic rings. The van der Waals surface area contributed by atoms with Gasteiger partial charge in [-0.1, -0.05) is 0 Å². The number of pyridine rings is 1. The number of rotatable bonds is 3. The Kier molecular flexibility index (Phi) is 6.86. The highest BCUT2D eigenvalue weighted by Gasteiger charge is 2.43. The monoisotopic (exact) mass is 476 g/mol. The molecule has 0 radical (unpaired) electrons. The van der Waals surface area contributed by atoms with Crippen LogP contribution in [0.25, 0.3) is 0 Å². The molecule has 14 heteroatoms. The number of carbonyl (C=O) groups is 2. The van der Waals surface area contributed by atoms with Crippen LogP contribution in [0.15, 0.2) is 36.5 Å². The molecular weight excluding hydrogens is 459 g/mol. The number of aliphatic carboxylic acids is 1. The third-order valence-electron chi connectivity index (χ3n) is 4.35. The van der Waals surface area contributed by atoms with E-state index in [0.29, 0.717) is 5.69 Å². The Morgan fingerprint density at radius 1 is 1.09 bits per heavy atom. The van der Waals surface area contributed by atoms with Gasteiger partial charge in [0.15, 0.2) is 11.5 Å². The van der Waals surface area contributed by atoms with Crippen molar-refractivity contribution in [1.29, 1.82) is 0 Å². The minimum Gasteiger partial charge on any atom is -0.475 e. The van der Waals surface area contributed by atoms with Gasteiger partial charge in [-0.05, 0) is 30.3 Å². The lowest BCUT2D eigenvalue weighted by atomic mass is 10.2. The maximum atomic E-state index is 13.0. The van der Waals surface area contributed by atoms with E-state index >= 15 is 0 Å². The highest BCUT2D eigenvalue weighted by atomic mass is 19.4. The molecule has 3 heterocycles. The molecule has 0 bridgehead atoms. The zero-order chi connectivity index (χ0) is 24.2. The van der Waals surface area contributed by atoms with E-state index in [4.69, 9.17) is 9.90 Å². The van der Waals surface area contributed by atoms with Gasteiger partial charge in [0.25, 0.3) is 5.91 Å². The van der Waals surface area contributed by atoms with Crippen LogP contribution in [0.2, 0.25) is 0 Å². The van der Waals surface area contributed by atoms with Crippen LogP contribution in [0.4, 0.5) is 33.5 Å². The van der Waals surface area contributed by atoms with Crippen molar-refractivity contribution in [3.63, 3.8) is 0 Å². The van der Waals surface area contributed by atoms with Crippen molar-refractivity contribution < 1.29 is 46.1 Å². The van der Waals surface area contributed by atoms with Gasteiger partial charge in [0.1, 0.15) is 5.82 Å². The first kappa shape index (κ1) is 24.0. The van der Waals surface area contributed by atoms with Crippen molar-refractivity contribution in [2.24, 2.45) is 0 Å². The summed E-state index contributed by atoms with van der Waals surface area (Å²) in [6, 6.07) is 7.47. The second-order valence-electron chi connectivity index (χ2n) is 6.73. The molecular formula is C19H17F5N4O5. The Hall–Kier alpha value is -3.68. The van der Waals surface area contributed by atoms with Crippen LogP contribution in [-0.2, 0) is 4.79 Å². The zero-order valence-corrected chi connectivity index (χ0v) is 16.7. The summed E-state index contributed by atoms with van der Waals surface area (Å²) in [5.41, 5.74) is 0.688. The molecule has 0 aliphatic carbocycles. The number of benzene rings is 1. The molecule has 1 fully saturated rings. The van der Waals surface area contributed by atoms with Crippen molar-refractivity contribution in [2.75, 3.05) is 36.4 Å². The normalized spacial score (nSPS) is 16.5. The van der Waals surface area contributed by atoms with Crippen molar-refractivity contribution in [2.45, 2.75) is 12.5 Å². The molecule has 33 heavy (non-hydrogen) atoms. The van der Waals surface area contributed by atoms with Crippen molar-refractivity contribution in [3.05, 3.63) is 42.1 Å². The Morgan fingerprint density at radius 2 is 1.73 bits per heavy atom. The summed E-state index contributed by atoms with van der Waals surface area (Å²) in [5.74, 6) is -2.64. The molecule has 0 atom stereocenters. The molecule has 1 aromatic heterocycles. The fraction of sp³-hybridized carbons (Fsp3) is 0.316. The first-order valence-corrected chi connectivity index (χ1v) is 9.38. The van der Waals surface area contributed by atoms with Crippen LogP contribution in [0, 0.1) is 0 Å². The van der Waals surface area contributed by atoms with Crippen LogP contribution in [0.3, 0.4) is 0 Å². The molecule has 9 nitrogen and oxygen atoms in total. The van der Waals surface area contributed by atoms with Gasteiger partial charge in [-0.25, -0.2) is 9.78 Å². The maximum absolute atomic E-state index is 13.0. The van der Waals surface area contributed by atoms with E-state index < -0.39 is 24.3 Å². The number of carboxylic acid groups (broad SMARTS) is 1. The highest BCUT2D eigenvalue weighted by molar-refractivity contribution is 6.04. The molecule has 178 valence electrons. The number of halogens is 5. The standard InChI is InChI=1S/C17H16F2N4O3.C2HF3O2/c18-17(19)25-13-3-1-11(9-14(13)26-17)16(24)22-12-2-4-15(21-10-12)23-7-5-20-6-8-23;3-2(4,5)1(6)7/h1-4,9-10,20H,5-8H2,(H,22,24);(H,6,7). The number of piperazine rings is 1. The smallest absolute Gasteiger partial charge is 0.475 e. The summed E-state index contributed by atoms with van der Waals surface area (Å²) in [5, 5.41) is 13.1. The molecule has 0 unspecified atom stereocenters. The van der Waals surface area contributed by atoms with Crippen LogP contribution >= 0.6 is 0 Å². The van der Waals surface area contributed by atoms with E-state index in [0.717, 1.165) is 32.0 Å². The quantitative estimate of drug-likeness (QED) is 0.580. The van der Waals surface area contributed by atoms with E-state index in [2.05, 4.69) is 30.0 Å². The summed E-state index contributed by atoms with van der Waals surface area (Å²) in [6.45, 7) is 3.56. The minimum atomic E-state index is -5.08. The van der Waals surface area contributed by atoms with Gasteiger partial charge in [0.05, 0.1) is 11.9 Å². The molecule has 0 saturated carbocycles. The Labute approximate surface area is 183 Å². The first-order valence-electron chi connectivity index (χ1n) is 9.38. The number of amides is 1. The third kappa shape index (κ3) is 6.41. The molecule has 1 amide bonds. The fourth-order valence-electron chi connectivity index (χ4n) is 2.83.